The summed E-state index contributed by atoms with van der Waals surface area (Å²) in [7, 11) is 0. The van der Waals surface area contributed by atoms with Gasteiger partial charge in [0.15, 0.2) is 0 Å². The summed E-state index contributed by atoms with van der Waals surface area (Å²) >= 11 is 1.43. The summed E-state index contributed by atoms with van der Waals surface area (Å²) in [5.41, 5.74) is 6.99. The van der Waals surface area contributed by atoms with E-state index in [-0.39, 0.29) is 17.7 Å². The van der Waals surface area contributed by atoms with Crippen LogP contribution in [0.15, 0.2) is 36.4 Å². The first-order chi connectivity index (χ1) is 10.6. The molecule has 3 N–H and O–H groups in total. The number of nitrogens with two attached hydrogens (primary N) is 1. The Balaban J connectivity index is 1.71. The van der Waals surface area contributed by atoms with Gasteiger partial charge in [0.25, 0.3) is 5.91 Å². The first-order valence-electron chi connectivity index (χ1n) is 7.38. The third kappa shape index (κ3) is 2.90. The van der Waals surface area contributed by atoms with Gasteiger partial charge in [-0.25, -0.2) is 0 Å². The molecule has 1 aromatic carbocycles. The Morgan fingerprint density at radius 3 is 2.68 bits per heavy atom. The second kappa shape index (κ2) is 5.93. The highest BCUT2D eigenvalue weighted by Gasteiger charge is 2.44. The molecule has 0 spiro atoms. The topological polar surface area (TPSA) is 72.2 Å². The minimum atomic E-state index is -0.498. The quantitative estimate of drug-likeness (QED) is 0.890. The summed E-state index contributed by atoms with van der Waals surface area (Å²) in [6.45, 7) is 2.01. The van der Waals surface area contributed by atoms with Gasteiger partial charge in [-0.2, -0.15) is 0 Å². The molecule has 3 rings (SSSR count). The first kappa shape index (κ1) is 14.8. The van der Waals surface area contributed by atoms with E-state index in [1.807, 2.05) is 37.3 Å². The van der Waals surface area contributed by atoms with Crippen molar-refractivity contribution in [2.75, 3.05) is 5.32 Å². The molecule has 4 nitrogen and oxygen atoms in total. The van der Waals surface area contributed by atoms with Crippen molar-refractivity contribution in [3.63, 3.8) is 0 Å². The fourth-order valence-corrected chi connectivity index (χ4v) is 3.65. The molecule has 0 radical (unpaired) electrons. The largest absolute Gasteiger partial charge is 0.366 e. The summed E-state index contributed by atoms with van der Waals surface area (Å²) in [4.78, 5) is 24.9. The van der Waals surface area contributed by atoms with Crippen LogP contribution < -0.4 is 11.1 Å². The van der Waals surface area contributed by atoms with Gasteiger partial charge in [0.1, 0.15) is 5.00 Å². The lowest BCUT2D eigenvalue weighted by Crippen LogP contribution is -2.18. The lowest BCUT2D eigenvalue weighted by atomic mass is 10.1. The minimum Gasteiger partial charge on any atom is -0.366 e. The van der Waals surface area contributed by atoms with E-state index in [9.17, 15) is 9.59 Å². The third-order valence-corrected chi connectivity index (χ3v) is 5.18. The number of thiophene rings is 1. The summed E-state index contributed by atoms with van der Waals surface area (Å²) in [6, 6.07) is 11.8. The zero-order chi connectivity index (χ0) is 15.7. The molecule has 1 fully saturated rings. The van der Waals surface area contributed by atoms with Gasteiger partial charge in [0.2, 0.25) is 5.91 Å². The summed E-state index contributed by atoms with van der Waals surface area (Å²) in [5.74, 6) is -0.262. The number of benzene rings is 1. The lowest BCUT2D eigenvalue weighted by molar-refractivity contribution is -0.117. The molecule has 2 atom stereocenters. The Labute approximate surface area is 133 Å². The molecular weight excluding hydrogens is 296 g/mol. The molecule has 5 heteroatoms. The Morgan fingerprint density at radius 1 is 1.32 bits per heavy atom. The lowest BCUT2D eigenvalue weighted by Gasteiger charge is -2.04. The number of rotatable bonds is 5. The highest BCUT2D eigenvalue weighted by molar-refractivity contribution is 7.16. The molecule has 22 heavy (non-hydrogen) atoms. The van der Waals surface area contributed by atoms with Crippen molar-refractivity contribution >= 4 is 28.2 Å². The van der Waals surface area contributed by atoms with Crippen molar-refractivity contribution in [3.8, 4) is 0 Å². The number of carbonyl (C=O) groups is 2. The van der Waals surface area contributed by atoms with Crippen molar-refractivity contribution in [3.05, 3.63) is 52.4 Å². The summed E-state index contributed by atoms with van der Waals surface area (Å²) in [6.07, 6.45) is 1.67. The van der Waals surface area contributed by atoms with Crippen LogP contribution in [0, 0.1) is 5.92 Å². The molecule has 0 saturated heterocycles. The van der Waals surface area contributed by atoms with Crippen LogP contribution in [0.2, 0.25) is 0 Å². The van der Waals surface area contributed by atoms with Crippen LogP contribution >= 0.6 is 11.3 Å². The maximum Gasteiger partial charge on any atom is 0.251 e. The Hall–Kier alpha value is -2.14. The van der Waals surface area contributed by atoms with Gasteiger partial charge in [-0.05, 0) is 30.4 Å². The second-order valence-electron chi connectivity index (χ2n) is 5.52. The van der Waals surface area contributed by atoms with Crippen LogP contribution in [-0.4, -0.2) is 11.8 Å². The Morgan fingerprint density at radius 2 is 2.05 bits per heavy atom. The molecule has 2 amide bonds. The van der Waals surface area contributed by atoms with Crippen LogP contribution in [0.25, 0.3) is 0 Å². The molecule has 1 heterocycles. The molecule has 1 aromatic heterocycles. The molecule has 0 aliphatic heterocycles. The minimum absolute atomic E-state index is 0.0182. The van der Waals surface area contributed by atoms with Gasteiger partial charge in [-0.15, -0.1) is 11.3 Å². The number of carbonyl (C=O) groups excluding carboxylic acids is 2. The Bertz CT molecular complexity index is 709. The second-order valence-corrected chi connectivity index (χ2v) is 6.66. The Kier molecular flexibility index (Phi) is 3.98. The van der Waals surface area contributed by atoms with E-state index in [0.717, 1.165) is 17.7 Å². The van der Waals surface area contributed by atoms with Crippen molar-refractivity contribution in [1.82, 2.24) is 0 Å². The number of primary amides is 1. The number of hydrogen-bond acceptors (Lipinski definition) is 3. The van der Waals surface area contributed by atoms with Gasteiger partial charge in [0.05, 0.1) is 5.56 Å². The molecule has 2 unspecified atom stereocenters. The SMILES string of the molecule is CCc1cc(C(N)=O)c(NC(=O)C2CC2c2ccccc2)s1. The molecule has 1 saturated carbocycles. The van der Waals surface area contributed by atoms with Crippen molar-refractivity contribution in [2.45, 2.75) is 25.7 Å². The predicted octanol–water partition coefficient (Wildman–Crippen LogP) is 3.15. The molecule has 2 aromatic rings. The van der Waals surface area contributed by atoms with Gasteiger partial charge >= 0.3 is 0 Å². The van der Waals surface area contributed by atoms with Crippen LogP contribution in [0.4, 0.5) is 5.00 Å². The van der Waals surface area contributed by atoms with Crippen LogP contribution in [0.3, 0.4) is 0 Å². The van der Waals surface area contributed by atoms with E-state index in [4.69, 9.17) is 5.73 Å². The van der Waals surface area contributed by atoms with Crippen molar-refractivity contribution in [2.24, 2.45) is 11.7 Å². The molecule has 1 aliphatic rings. The highest BCUT2D eigenvalue weighted by atomic mass is 32.1. The standard InChI is InChI=1S/C17H18N2O2S/c1-2-11-8-14(15(18)20)17(22-11)19-16(21)13-9-12(13)10-6-4-3-5-7-10/h3-8,12-13H,2,9H2,1H3,(H2,18,20)(H,19,21). The summed E-state index contributed by atoms with van der Waals surface area (Å²) < 4.78 is 0. The number of anilines is 1. The molecule has 114 valence electrons. The van der Waals surface area contributed by atoms with Gasteiger partial charge < -0.3 is 11.1 Å². The number of hydrogen-bond donors (Lipinski definition) is 2. The van der Waals surface area contributed by atoms with Crippen LogP contribution in [0.1, 0.15) is 40.1 Å². The molecular formula is C17H18N2O2S. The predicted molar refractivity (Wildman–Crippen MR) is 88.1 cm³/mol. The number of aryl methyl sites for hydroxylation is 1. The number of nitrogens with one attached hydrogen (secondary N) is 1. The normalized spacial score (nSPS) is 19.7. The van der Waals surface area contributed by atoms with Crippen LogP contribution in [-0.2, 0) is 11.2 Å². The number of amides is 2. The van der Waals surface area contributed by atoms with E-state index < -0.39 is 5.91 Å². The van der Waals surface area contributed by atoms with Gasteiger partial charge in [-0.1, -0.05) is 37.3 Å². The van der Waals surface area contributed by atoms with E-state index >= 15 is 0 Å². The monoisotopic (exact) mass is 314 g/mol. The van der Waals surface area contributed by atoms with E-state index in [0.29, 0.717) is 10.6 Å². The average Bonchev–Trinajstić information content (AvgIpc) is 3.22. The maximum absolute atomic E-state index is 12.4. The third-order valence-electron chi connectivity index (χ3n) is 3.99. The van der Waals surface area contributed by atoms with E-state index in [2.05, 4.69) is 5.32 Å². The van der Waals surface area contributed by atoms with Gasteiger partial charge in [-0.3, -0.25) is 9.59 Å². The zero-order valence-corrected chi connectivity index (χ0v) is 13.2. The zero-order valence-electron chi connectivity index (χ0n) is 12.3. The van der Waals surface area contributed by atoms with Gasteiger partial charge in [0, 0.05) is 10.8 Å². The van der Waals surface area contributed by atoms with Crippen molar-refractivity contribution in [1.29, 1.82) is 0 Å². The van der Waals surface area contributed by atoms with E-state index in [1.54, 1.807) is 6.07 Å². The fourth-order valence-electron chi connectivity index (χ4n) is 2.65. The maximum atomic E-state index is 12.4. The van der Waals surface area contributed by atoms with E-state index in [1.165, 1.54) is 16.9 Å². The molecule has 0 bridgehead atoms. The van der Waals surface area contributed by atoms with Crippen LogP contribution in [0.5, 0.6) is 0 Å². The fraction of sp³-hybridized carbons (Fsp3) is 0.294. The molecule has 1 aliphatic carbocycles. The first-order valence-corrected chi connectivity index (χ1v) is 8.20. The highest BCUT2D eigenvalue weighted by Crippen LogP contribution is 2.48. The smallest absolute Gasteiger partial charge is 0.251 e. The average molecular weight is 314 g/mol. The summed E-state index contributed by atoms with van der Waals surface area (Å²) in [5, 5.41) is 3.46. The van der Waals surface area contributed by atoms with Crippen molar-refractivity contribution < 1.29 is 9.59 Å².